The third-order valence-corrected chi connectivity index (χ3v) is 9.14. The van der Waals surface area contributed by atoms with Crippen molar-refractivity contribution in [1.82, 2.24) is 0 Å². The van der Waals surface area contributed by atoms with Crippen molar-refractivity contribution in [3.63, 3.8) is 0 Å². The van der Waals surface area contributed by atoms with Crippen LogP contribution in [0, 0.1) is 37.0 Å². The highest BCUT2D eigenvalue weighted by atomic mass is 14.6. The molecule has 0 aliphatic heterocycles. The lowest BCUT2D eigenvalue weighted by Crippen LogP contribution is -2.10. The number of rotatable bonds is 0. The van der Waals surface area contributed by atoms with Crippen LogP contribution < -0.4 is 0 Å². The van der Waals surface area contributed by atoms with Gasteiger partial charge >= 0.3 is 0 Å². The molecule has 3 aromatic rings. The molecule has 0 amide bonds. The summed E-state index contributed by atoms with van der Waals surface area (Å²) in [7, 11) is 0. The highest BCUT2D eigenvalue weighted by Gasteiger charge is 2.58. The molecule has 10 rings (SSSR count). The van der Waals surface area contributed by atoms with Gasteiger partial charge in [-0.3, -0.25) is 0 Å². The Bertz CT molecular complexity index is 1240. The fourth-order valence-electron chi connectivity index (χ4n) is 6.72. The number of fused-ring (bicyclic) bond motifs is 3. The molecule has 0 spiro atoms. The van der Waals surface area contributed by atoms with Gasteiger partial charge < -0.3 is 0 Å². The average molecular weight is 421 g/mol. The minimum Gasteiger partial charge on any atom is -0.119 e. The lowest BCUT2D eigenvalue weighted by atomic mass is 9.86. The van der Waals surface area contributed by atoms with E-state index in [0.29, 0.717) is 17.8 Å². The molecule has 0 unspecified atom stereocenters. The van der Waals surface area contributed by atoms with E-state index in [2.05, 4.69) is 90.6 Å². The quantitative estimate of drug-likeness (QED) is 0.381. The average Bonchev–Trinajstić information content (AvgIpc) is 3.79. The number of terminal acetylenes is 3. The van der Waals surface area contributed by atoms with Crippen LogP contribution >= 0.6 is 0 Å². The number of benzene rings is 3. The minimum absolute atomic E-state index is 0.209. The lowest BCUT2D eigenvalue weighted by molar-refractivity contribution is 0.844. The summed E-state index contributed by atoms with van der Waals surface area (Å²) in [5.41, 5.74) is 7.02. The Labute approximate surface area is 196 Å². The van der Waals surface area contributed by atoms with Gasteiger partial charge in [0, 0.05) is 17.8 Å². The van der Waals surface area contributed by atoms with Gasteiger partial charge in [-0.2, -0.15) is 0 Å². The maximum Gasteiger partial charge on any atom is 0.0635 e. The van der Waals surface area contributed by atoms with E-state index in [9.17, 15) is 0 Å². The molecule has 7 aliphatic carbocycles. The van der Waals surface area contributed by atoms with Crippen LogP contribution in [0.1, 0.15) is 70.4 Å². The molecular formula is C33H24. The van der Waals surface area contributed by atoms with Crippen molar-refractivity contribution >= 4 is 0 Å². The van der Waals surface area contributed by atoms with Gasteiger partial charge in [0.25, 0.3) is 0 Å². The first-order chi connectivity index (χ1) is 16.1. The van der Waals surface area contributed by atoms with Crippen molar-refractivity contribution < 1.29 is 0 Å². The predicted octanol–water partition coefficient (Wildman–Crippen LogP) is 6.18. The van der Waals surface area contributed by atoms with Crippen LogP contribution in [0.5, 0.6) is 0 Å². The molecule has 3 fully saturated rings. The Balaban J connectivity index is 1.39. The summed E-state index contributed by atoms with van der Waals surface area (Å²) in [6.07, 6.45) is 21.3. The van der Waals surface area contributed by atoms with E-state index in [4.69, 9.17) is 19.3 Å². The van der Waals surface area contributed by atoms with Crippen molar-refractivity contribution in [2.24, 2.45) is 0 Å². The van der Waals surface area contributed by atoms with Crippen LogP contribution in [0.3, 0.4) is 0 Å². The van der Waals surface area contributed by atoms with Crippen LogP contribution in [0.4, 0.5) is 0 Å². The van der Waals surface area contributed by atoms with Crippen molar-refractivity contribution in [3.05, 3.63) is 106 Å². The third kappa shape index (κ3) is 2.31. The number of hydrogen-bond donors (Lipinski definition) is 0. The summed E-state index contributed by atoms with van der Waals surface area (Å²) in [6, 6.07) is 26.9. The minimum atomic E-state index is -0.209. The zero-order valence-corrected chi connectivity index (χ0v) is 18.5. The SMILES string of the molecule is C#C[C@@]12C[C@@H]1c1ccc(cc1)[C@]1(C#C)C[C@@H]1c1ccc(cc1)[C@]1(C#C)C[C@@H]1c1ccc2cc1. The van der Waals surface area contributed by atoms with Gasteiger partial charge in [0.1, 0.15) is 0 Å². The Morgan fingerprint density at radius 3 is 0.909 bits per heavy atom. The standard InChI is InChI=1S/C33H24/c1-4-31-19-28(31)22-9-15-26(16-10-22)32(5-2)21-30(32)24-11-17-27(18-12-24)33(6-3)20-29(33)23-7-13-25(31)14-8-23/h1-3,7-18,28-30H,19-21H2/t28-,29-,30-,31+,32+,33+/m1/s1. The summed E-state index contributed by atoms with van der Waals surface area (Å²) in [5.74, 6) is 10.5. The van der Waals surface area contributed by atoms with Crippen LogP contribution in [-0.4, -0.2) is 0 Å². The molecule has 0 nitrogen and oxygen atoms in total. The van der Waals surface area contributed by atoms with E-state index >= 15 is 0 Å². The highest BCUT2D eigenvalue weighted by molar-refractivity contribution is 5.57. The fraction of sp³-hybridized carbons (Fsp3) is 0.273. The van der Waals surface area contributed by atoms with E-state index in [1.807, 2.05) is 0 Å². The first-order valence-corrected chi connectivity index (χ1v) is 11.8. The topological polar surface area (TPSA) is 0 Å². The zero-order chi connectivity index (χ0) is 22.4. The van der Waals surface area contributed by atoms with Crippen LogP contribution in [0.2, 0.25) is 0 Å². The second-order valence-electron chi connectivity index (χ2n) is 10.5. The van der Waals surface area contributed by atoms with Crippen molar-refractivity contribution in [2.75, 3.05) is 0 Å². The van der Waals surface area contributed by atoms with Crippen molar-refractivity contribution in [1.29, 1.82) is 0 Å². The molecule has 7 aliphatic rings. The molecule has 3 aromatic carbocycles. The first-order valence-electron chi connectivity index (χ1n) is 11.8. The summed E-state index contributed by atoms with van der Waals surface area (Å²) < 4.78 is 0. The Hall–Kier alpha value is -3.66. The molecule has 33 heavy (non-hydrogen) atoms. The third-order valence-electron chi connectivity index (χ3n) is 9.14. The van der Waals surface area contributed by atoms with Crippen LogP contribution in [0.25, 0.3) is 0 Å². The van der Waals surface area contributed by atoms with Gasteiger partial charge in [0.15, 0.2) is 0 Å². The summed E-state index contributed by atoms with van der Waals surface area (Å²) >= 11 is 0. The monoisotopic (exact) mass is 420 g/mol. The van der Waals surface area contributed by atoms with Crippen LogP contribution in [0.15, 0.2) is 72.8 Å². The van der Waals surface area contributed by atoms with Gasteiger partial charge in [-0.15, -0.1) is 19.3 Å². The Kier molecular flexibility index (Phi) is 3.44. The largest absolute Gasteiger partial charge is 0.119 e. The van der Waals surface area contributed by atoms with Crippen molar-refractivity contribution in [3.8, 4) is 37.0 Å². The summed E-state index contributed by atoms with van der Waals surface area (Å²) in [4.78, 5) is 0. The lowest BCUT2D eigenvalue weighted by Gasteiger charge is -2.17. The molecular weight excluding hydrogens is 396 g/mol. The van der Waals surface area contributed by atoms with E-state index < -0.39 is 0 Å². The fourth-order valence-corrected chi connectivity index (χ4v) is 6.72. The second kappa shape index (κ2) is 6.02. The molecule has 156 valence electrons. The van der Waals surface area contributed by atoms with E-state index in [1.165, 1.54) is 33.4 Å². The van der Waals surface area contributed by atoms with Gasteiger partial charge in [0.2, 0.25) is 0 Å². The van der Waals surface area contributed by atoms with Crippen molar-refractivity contribution in [2.45, 2.75) is 53.3 Å². The van der Waals surface area contributed by atoms with Gasteiger partial charge in [0.05, 0.1) is 16.2 Å². The maximum atomic E-state index is 6.12. The molecule has 0 heteroatoms. The normalized spacial score (nSPS) is 36.1. The molecule has 0 heterocycles. The zero-order valence-electron chi connectivity index (χ0n) is 18.5. The first kappa shape index (κ1) is 18.9. The Morgan fingerprint density at radius 2 is 0.697 bits per heavy atom. The second-order valence-corrected chi connectivity index (χ2v) is 10.5. The number of hydrogen-bond acceptors (Lipinski definition) is 0. The highest BCUT2D eigenvalue weighted by Crippen LogP contribution is 2.64. The van der Waals surface area contributed by atoms with E-state index in [-0.39, 0.29) is 16.2 Å². The molecule has 6 atom stereocenters. The van der Waals surface area contributed by atoms with Crippen LogP contribution in [-0.2, 0) is 16.2 Å². The maximum absolute atomic E-state index is 6.12. The molecule has 6 bridgehead atoms. The smallest absolute Gasteiger partial charge is 0.0635 e. The van der Waals surface area contributed by atoms with E-state index in [0.717, 1.165) is 19.3 Å². The molecule has 0 radical (unpaired) electrons. The van der Waals surface area contributed by atoms with Gasteiger partial charge in [-0.05, 0) is 52.6 Å². The molecule has 0 aromatic heterocycles. The molecule has 0 N–H and O–H groups in total. The molecule has 0 saturated heterocycles. The summed E-state index contributed by atoms with van der Waals surface area (Å²) in [5, 5.41) is 0. The summed E-state index contributed by atoms with van der Waals surface area (Å²) in [6.45, 7) is 0. The van der Waals surface area contributed by atoms with Gasteiger partial charge in [-0.1, -0.05) is 90.6 Å². The predicted molar refractivity (Wildman–Crippen MR) is 133 cm³/mol. The molecule has 3 saturated carbocycles. The Morgan fingerprint density at radius 1 is 0.455 bits per heavy atom. The van der Waals surface area contributed by atoms with Gasteiger partial charge in [-0.25, -0.2) is 0 Å². The van der Waals surface area contributed by atoms with E-state index in [1.54, 1.807) is 0 Å².